The van der Waals surface area contributed by atoms with Crippen LogP contribution >= 0.6 is 11.3 Å². The first kappa shape index (κ1) is 23.1. The number of phenols is 1. The predicted molar refractivity (Wildman–Crippen MR) is 131 cm³/mol. The second-order valence-electron chi connectivity index (χ2n) is 8.60. The van der Waals surface area contributed by atoms with E-state index in [1.807, 2.05) is 47.8 Å². The van der Waals surface area contributed by atoms with Crippen molar-refractivity contribution in [1.29, 1.82) is 0 Å². The van der Waals surface area contributed by atoms with E-state index in [1.165, 1.54) is 6.42 Å². The Morgan fingerprint density at radius 3 is 2.36 bits per heavy atom. The van der Waals surface area contributed by atoms with Crippen molar-refractivity contribution in [2.75, 3.05) is 0 Å². The zero-order valence-corrected chi connectivity index (χ0v) is 19.5. The highest BCUT2D eigenvalue weighted by Crippen LogP contribution is 2.28. The Morgan fingerprint density at radius 1 is 0.970 bits per heavy atom. The number of amides is 2. The van der Waals surface area contributed by atoms with E-state index in [9.17, 15) is 14.7 Å². The van der Waals surface area contributed by atoms with Crippen LogP contribution in [0, 0.1) is 0 Å². The van der Waals surface area contributed by atoms with Crippen LogP contribution in [0.1, 0.15) is 54.1 Å². The maximum absolute atomic E-state index is 13.7. The number of hydrogen-bond acceptors (Lipinski definition) is 4. The minimum atomic E-state index is -0.778. The van der Waals surface area contributed by atoms with E-state index < -0.39 is 6.04 Å². The van der Waals surface area contributed by atoms with Crippen LogP contribution < -0.4 is 5.32 Å². The Kier molecular flexibility index (Phi) is 7.79. The molecule has 0 aliphatic heterocycles. The number of thiophene rings is 1. The lowest BCUT2D eigenvalue weighted by Crippen LogP contribution is -2.47. The molecule has 1 aliphatic rings. The minimum Gasteiger partial charge on any atom is -0.508 e. The summed E-state index contributed by atoms with van der Waals surface area (Å²) in [5.41, 5.74) is 1.66. The number of carbonyl (C=O) groups is 2. The number of hydrogen-bond donors (Lipinski definition) is 2. The van der Waals surface area contributed by atoms with Gasteiger partial charge >= 0.3 is 0 Å². The molecular weight excluding hydrogens is 432 g/mol. The molecule has 5 nitrogen and oxygen atoms in total. The lowest BCUT2D eigenvalue weighted by molar-refractivity contribution is -0.141. The molecule has 1 atom stereocenters. The van der Waals surface area contributed by atoms with Gasteiger partial charge in [-0.1, -0.05) is 67.8 Å². The van der Waals surface area contributed by atoms with Gasteiger partial charge in [-0.05, 0) is 47.5 Å². The first-order chi connectivity index (χ1) is 16.1. The lowest BCUT2D eigenvalue weighted by Gasteiger charge is -2.33. The van der Waals surface area contributed by atoms with Gasteiger partial charge in [0.15, 0.2) is 0 Å². The Bertz CT molecular complexity index is 1030. The van der Waals surface area contributed by atoms with Crippen LogP contribution in [-0.4, -0.2) is 27.9 Å². The van der Waals surface area contributed by atoms with Crippen LogP contribution in [0.4, 0.5) is 0 Å². The number of nitrogens with zero attached hydrogens (tertiary/aromatic N) is 1. The van der Waals surface area contributed by atoms with Crippen LogP contribution in [0.5, 0.6) is 5.75 Å². The highest BCUT2D eigenvalue weighted by molar-refractivity contribution is 7.10. The molecule has 33 heavy (non-hydrogen) atoms. The quantitative estimate of drug-likeness (QED) is 0.482. The van der Waals surface area contributed by atoms with Gasteiger partial charge in [0, 0.05) is 17.5 Å². The van der Waals surface area contributed by atoms with Gasteiger partial charge in [-0.15, -0.1) is 11.3 Å². The van der Waals surface area contributed by atoms with E-state index in [0.717, 1.165) is 36.1 Å². The number of nitrogens with one attached hydrogen (secondary N) is 1. The van der Waals surface area contributed by atoms with Crippen molar-refractivity contribution in [2.24, 2.45) is 0 Å². The summed E-state index contributed by atoms with van der Waals surface area (Å²) in [6.45, 7) is 0.328. The third-order valence-corrected chi connectivity index (χ3v) is 7.02. The highest BCUT2D eigenvalue weighted by Gasteiger charge is 2.33. The summed E-state index contributed by atoms with van der Waals surface area (Å²) in [5, 5.41) is 15.0. The van der Waals surface area contributed by atoms with Gasteiger partial charge in [0.2, 0.25) is 11.8 Å². The fourth-order valence-corrected chi connectivity index (χ4v) is 5.12. The van der Waals surface area contributed by atoms with Crippen molar-refractivity contribution in [3.05, 3.63) is 88.1 Å². The van der Waals surface area contributed by atoms with Crippen LogP contribution in [0.15, 0.2) is 72.1 Å². The van der Waals surface area contributed by atoms with Gasteiger partial charge in [0.25, 0.3) is 0 Å². The maximum Gasteiger partial charge on any atom is 0.247 e. The molecule has 1 saturated carbocycles. The topological polar surface area (TPSA) is 69.6 Å². The molecule has 2 N–H and O–H groups in total. The zero-order chi connectivity index (χ0) is 23.0. The average Bonchev–Trinajstić information content (AvgIpc) is 3.34. The molecule has 1 aromatic heterocycles. The second kappa shape index (κ2) is 11.1. The minimum absolute atomic E-state index is 0.0989. The molecule has 172 valence electrons. The Hall–Kier alpha value is -3.12. The molecule has 1 heterocycles. The molecule has 0 spiro atoms. The largest absolute Gasteiger partial charge is 0.508 e. The van der Waals surface area contributed by atoms with E-state index in [2.05, 4.69) is 5.32 Å². The summed E-state index contributed by atoms with van der Waals surface area (Å²) >= 11 is 1.54. The van der Waals surface area contributed by atoms with Gasteiger partial charge < -0.3 is 15.3 Å². The molecule has 4 rings (SSSR count). The molecule has 0 radical (unpaired) electrons. The third-order valence-electron chi connectivity index (χ3n) is 6.14. The van der Waals surface area contributed by atoms with E-state index in [0.29, 0.717) is 12.1 Å². The first-order valence-corrected chi connectivity index (χ1v) is 12.4. The van der Waals surface area contributed by atoms with Crippen LogP contribution in [0.2, 0.25) is 0 Å². The maximum atomic E-state index is 13.7. The standard InChI is InChI=1S/C27H30N2O3S/c30-23-15-13-21(14-16-23)26(27(32)28-22-10-5-2-6-11-22)29(19-20-8-3-1-4-9-20)25(31)18-24-12-7-17-33-24/h1,3-4,7-9,12-17,22,26,30H,2,5-6,10-11,18-19H2,(H,28,32). The molecule has 6 heteroatoms. The molecular formula is C27H30N2O3S. The highest BCUT2D eigenvalue weighted by atomic mass is 32.1. The summed E-state index contributed by atoms with van der Waals surface area (Å²) < 4.78 is 0. The zero-order valence-electron chi connectivity index (χ0n) is 18.7. The van der Waals surface area contributed by atoms with Gasteiger partial charge in [0.05, 0.1) is 6.42 Å². The monoisotopic (exact) mass is 462 g/mol. The van der Waals surface area contributed by atoms with Crippen LogP contribution in [-0.2, 0) is 22.6 Å². The van der Waals surface area contributed by atoms with E-state index in [-0.39, 0.29) is 30.0 Å². The second-order valence-corrected chi connectivity index (χ2v) is 9.63. The fraction of sp³-hybridized carbons (Fsp3) is 0.333. The molecule has 0 bridgehead atoms. The van der Waals surface area contributed by atoms with Gasteiger partial charge in [-0.3, -0.25) is 9.59 Å². The summed E-state index contributed by atoms with van der Waals surface area (Å²) in [6, 6.07) is 19.6. The smallest absolute Gasteiger partial charge is 0.247 e. The van der Waals surface area contributed by atoms with Crippen molar-refractivity contribution >= 4 is 23.2 Å². The summed E-state index contributed by atoms with van der Waals surface area (Å²) in [7, 11) is 0. The summed E-state index contributed by atoms with van der Waals surface area (Å²) in [6.07, 6.45) is 5.61. The molecule has 1 aliphatic carbocycles. The van der Waals surface area contributed by atoms with E-state index >= 15 is 0 Å². The van der Waals surface area contributed by atoms with E-state index in [4.69, 9.17) is 0 Å². The first-order valence-electron chi connectivity index (χ1n) is 11.6. The predicted octanol–water partition coefficient (Wildman–Crippen LogP) is 5.22. The molecule has 2 amide bonds. The molecule has 1 unspecified atom stereocenters. The normalized spacial score (nSPS) is 15.0. The van der Waals surface area contributed by atoms with Crippen molar-refractivity contribution in [2.45, 2.75) is 57.2 Å². The number of benzene rings is 2. The number of rotatable bonds is 8. The molecule has 3 aromatic rings. The van der Waals surface area contributed by atoms with E-state index in [1.54, 1.807) is 40.5 Å². The third kappa shape index (κ3) is 6.23. The average molecular weight is 463 g/mol. The van der Waals surface area contributed by atoms with Crippen molar-refractivity contribution < 1.29 is 14.7 Å². The van der Waals surface area contributed by atoms with Crippen LogP contribution in [0.3, 0.4) is 0 Å². The van der Waals surface area contributed by atoms with Crippen LogP contribution in [0.25, 0.3) is 0 Å². The summed E-state index contributed by atoms with van der Waals surface area (Å²) in [5.74, 6) is -0.133. The number of carbonyl (C=O) groups excluding carboxylic acids is 2. The Morgan fingerprint density at radius 2 is 1.70 bits per heavy atom. The Labute approximate surface area is 199 Å². The molecule has 0 saturated heterocycles. The van der Waals surface area contributed by atoms with Gasteiger partial charge in [-0.25, -0.2) is 0 Å². The van der Waals surface area contributed by atoms with Crippen molar-refractivity contribution in [3.8, 4) is 5.75 Å². The molecule has 1 fully saturated rings. The molecule has 2 aromatic carbocycles. The van der Waals surface area contributed by atoms with Crippen molar-refractivity contribution in [3.63, 3.8) is 0 Å². The van der Waals surface area contributed by atoms with Crippen molar-refractivity contribution in [1.82, 2.24) is 10.2 Å². The van der Waals surface area contributed by atoms with Gasteiger partial charge in [0.1, 0.15) is 11.8 Å². The Balaban J connectivity index is 1.67. The lowest BCUT2D eigenvalue weighted by atomic mass is 9.94. The summed E-state index contributed by atoms with van der Waals surface area (Å²) in [4.78, 5) is 29.9. The number of aromatic hydroxyl groups is 1. The SMILES string of the molecule is O=C(NC1CCCCC1)C(c1ccc(O)cc1)N(Cc1ccccc1)C(=O)Cc1cccs1. The number of phenolic OH excluding ortho intramolecular Hbond substituents is 1. The van der Waals surface area contributed by atoms with Gasteiger partial charge in [-0.2, -0.15) is 0 Å². The fourth-order valence-electron chi connectivity index (χ4n) is 4.42.